The average Bonchev–Trinajstić information content (AvgIpc) is 2.40. The summed E-state index contributed by atoms with van der Waals surface area (Å²) in [5, 5.41) is 0. The molecule has 2 heteroatoms. The first-order valence-electron chi connectivity index (χ1n) is 6.20. The van der Waals surface area contributed by atoms with Crippen LogP contribution in [-0.4, -0.2) is 12.3 Å². The first-order valence-corrected chi connectivity index (χ1v) is 7.43. The summed E-state index contributed by atoms with van der Waals surface area (Å²) in [4.78, 5) is 1.30. The van der Waals surface area contributed by atoms with E-state index in [9.17, 15) is 0 Å². The lowest BCUT2D eigenvalue weighted by molar-refractivity contribution is 0.664. The summed E-state index contributed by atoms with van der Waals surface area (Å²) in [5.74, 6) is 0. The number of benzene rings is 2. The van der Waals surface area contributed by atoms with Crippen molar-refractivity contribution in [3.8, 4) is 0 Å². The van der Waals surface area contributed by atoms with Crippen molar-refractivity contribution in [1.29, 1.82) is 0 Å². The molecule has 0 saturated carbocycles. The second kappa shape index (κ2) is 6.62. The topological polar surface area (TPSA) is 26.0 Å². The van der Waals surface area contributed by atoms with Crippen molar-refractivity contribution in [2.45, 2.75) is 23.8 Å². The third kappa shape index (κ3) is 3.90. The van der Waals surface area contributed by atoms with E-state index in [1.165, 1.54) is 16.0 Å². The third-order valence-corrected chi connectivity index (χ3v) is 3.74. The van der Waals surface area contributed by atoms with Gasteiger partial charge in [0.2, 0.25) is 0 Å². The van der Waals surface area contributed by atoms with E-state index in [4.69, 9.17) is 5.73 Å². The molecule has 94 valence electrons. The molecule has 0 aliphatic carbocycles. The Morgan fingerprint density at radius 3 is 2.00 bits per heavy atom. The SMILES string of the molecule is CSc1ccc(CC(N)Cc2ccccc2)cc1. The molecule has 1 nitrogen and oxygen atoms in total. The van der Waals surface area contributed by atoms with Gasteiger partial charge in [0.15, 0.2) is 0 Å². The molecule has 0 saturated heterocycles. The molecule has 2 N–H and O–H groups in total. The summed E-state index contributed by atoms with van der Waals surface area (Å²) in [6.07, 6.45) is 3.96. The highest BCUT2D eigenvalue weighted by atomic mass is 32.2. The Morgan fingerprint density at radius 1 is 0.889 bits per heavy atom. The van der Waals surface area contributed by atoms with Gasteiger partial charge in [-0.3, -0.25) is 0 Å². The number of hydrogen-bond acceptors (Lipinski definition) is 2. The van der Waals surface area contributed by atoms with E-state index in [1.54, 1.807) is 11.8 Å². The number of thioether (sulfide) groups is 1. The third-order valence-electron chi connectivity index (χ3n) is 3.00. The Balaban J connectivity index is 1.92. The predicted molar refractivity (Wildman–Crippen MR) is 80.0 cm³/mol. The van der Waals surface area contributed by atoms with E-state index in [0.29, 0.717) is 0 Å². The fourth-order valence-corrected chi connectivity index (χ4v) is 2.46. The maximum absolute atomic E-state index is 6.20. The van der Waals surface area contributed by atoms with E-state index < -0.39 is 0 Å². The van der Waals surface area contributed by atoms with Crippen LogP contribution >= 0.6 is 11.8 Å². The lowest BCUT2D eigenvalue weighted by atomic mass is 10.00. The summed E-state index contributed by atoms with van der Waals surface area (Å²) < 4.78 is 0. The van der Waals surface area contributed by atoms with Crippen LogP contribution in [0.25, 0.3) is 0 Å². The second-order valence-corrected chi connectivity index (χ2v) is 5.38. The van der Waals surface area contributed by atoms with Gasteiger partial charge in [0.05, 0.1) is 0 Å². The minimum atomic E-state index is 0.188. The Labute approximate surface area is 113 Å². The van der Waals surface area contributed by atoms with E-state index >= 15 is 0 Å². The first kappa shape index (κ1) is 13.2. The zero-order valence-electron chi connectivity index (χ0n) is 10.7. The van der Waals surface area contributed by atoms with Gasteiger partial charge < -0.3 is 5.73 Å². The van der Waals surface area contributed by atoms with Gasteiger partial charge in [0, 0.05) is 10.9 Å². The molecule has 2 aromatic rings. The molecule has 1 unspecified atom stereocenters. The second-order valence-electron chi connectivity index (χ2n) is 4.50. The standard InChI is InChI=1S/C16H19NS/c1-18-16-9-7-14(8-10-16)12-15(17)11-13-5-3-2-4-6-13/h2-10,15H,11-12,17H2,1H3. The molecule has 0 spiro atoms. The number of rotatable bonds is 5. The fraction of sp³-hybridized carbons (Fsp3) is 0.250. The Morgan fingerprint density at radius 2 is 1.44 bits per heavy atom. The number of nitrogens with two attached hydrogens (primary N) is 1. The van der Waals surface area contributed by atoms with Gasteiger partial charge in [0.25, 0.3) is 0 Å². The highest BCUT2D eigenvalue weighted by Crippen LogP contribution is 2.16. The Hall–Kier alpha value is -1.25. The van der Waals surface area contributed by atoms with Crippen molar-refractivity contribution >= 4 is 11.8 Å². The maximum Gasteiger partial charge on any atom is 0.0120 e. The molecule has 2 aromatic carbocycles. The van der Waals surface area contributed by atoms with Gasteiger partial charge in [0.1, 0.15) is 0 Å². The molecule has 18 heavy (non-hydrogen) atoms. The minimum absolute atomic E-state index is 0.188. The van der Waals surface area contributed by atoms with Gasteiger partial charge in [-0.25, -0.2) is 0 Å². The van der Waals surface area contributed by atoms with Crippen LogP contribution in [0.5, 0.6) is 0 Å². The molecule has 0 heterocycles. The van der Waals surface area contributed by atoms with Gasteiger partial charge in [-0.15, -0.1) is 11.8 Å². The van der Waals surface area contributed by atoms with Gasteiger partial charge >= 0.3 is 0 Å². The van der Waals surface area contributed by atoms with Crippen molar-refractivity contribution in [2.75, 3.05) is 6.26 Å². The lowest BCUT2D eigenvalue weighted by Gasteiger charge is -2.12. The highest BCUT2D eigenvalue weighted by molar-refractivity contribution is 7.98. The Kier molecular flexibility index (Phi) is 4.85. The van der Waals surface area contributed by atoms with Gasteiger partial charge in [-0.05, 0) is 42.4 Å². The fourth-order valence-electron chi connectivity index (χ4n) is 2.05. The molecular formula is C16H19NS. The van der Waals surface area contributed by atoms with E-state index in [0.717, 1.165) is 12.8 Å². The molecule has 1 atom stereocenters. The predicted octanol–water partition coefficient (Wildman–Crippen LogP) is 3.52. The van der Waals surface area contributed by atoms with Crippen molar-refractivity contribution in [2.24, 2.45) is 5.73 Å². The molecule has 0 radical (unpaired) electrons. The van der Waals surface area contributed by atoms with Crippen LogP contribution in [0.3, 0.4) is 0 Å². The summed E-state index contributed by atoms with van der Waals surface area (Å²) in [5.41, 5.74) is 8.83. The van der Waals surface area contributed by atoms with Crippen LogP contribution in [0, 0.1) is 0 Å². The molecule has 0 amide bonds. The molecule has 0 aliphatic rings. The molecule has 2 rings (SSSR count). The van der Waals surface area contributed by atoms with Crippen LogP contribution in [-0.2, 0) is 12.8 Å². The first-order chi connectivity index (χ1) is 8.78. The lowest BCUT2D eigenvalue weighted by Crippen LogP contribution is -2.25. The quantitative estimate of drug-likeness (QED) is 0.829. The Bertz CT molecular complexity index is 464. The molecule has 0 aliphatic heterocycles. The van der Waals surface area contributed by atoms with Crippen LogP contribution in [0.15, 0.2) is 59.5 Å². The van der Waals surface area contributed by atoms with E-state index in [2.05, 4.69) is 54.8 Å². The van der Waals surface area contributed by atoms with E-state index in [1.807, 2.05) is 6.07 Å². The molecule has 0 fully saturated rings. The van der Waals surface area contributed by atoms with Crippen molar-refractivity contribution in [3.63, 3.8) is 0 Å². The van der Waals surface area contributed by atoms with E-state index in [-0.39, 0.29) is 6.04 Å². The smallest absolute Gasteiger partial charge is 0.0120 e. The summed E-state index contributed by atoms with van der Waals surface area (Å²) in [7, 11) is 0. The molecule has 0 aromatic heterocycles. The monoisotopic (exact) mass is 257 g/mol. The minimum Gasteiger partial charge on any atom is -0.327 e. The van der Waals surface area contributed by atoms with Crippen LogP contribution in [0.4, 0.5) is 0 Å². The van der Waals surface area contributed by atoms with Crippen molar-refractivity contribution < 1.29 is 0 Å². The van der Waals surface area contributed by atoms with Gasteiger partial charge in [-0.2, -0.15) is 0 Å². The average molecular weight is 257 g/mol. The summed E-state index contributed by atoms with van der Waals surface area (Å²) in [6.45, 7) is 0. The molecular weight excluding hydrogens is 238 g/mol. The zero-order valence-corrected chi connectivity index (χ0v) is 11.5. The van der Waals surface area contributed by atoms with Gasteiger partial charge in [-0.1, -0.05) is 42.5 Å². The molecule has 0 bridgehead atoms. The van der Waals surface area contributed by atoms with Crippen LogP contribution in [0.2, 0.25) is 0 Å². The van der Waals surface area contributed by atoms with Crippen molar-refractivity contribution in [3.05, 3.63) is 65.7 Å². The zero-order chi connectivity index (χ0) is 12.8. The normalized spacial score (nSPS) is 12.3. The highest BCUT2D eigenvalue weighted by Gasteiger charge is 2.05. The summed E-state index contributed by atoms with van der Waals surface area (Å²) >= 11 is 1.77. The summed E-state index contributed by atoms with van der Waals surface area (Å²) in [6, 6.07) is 19.3. The van der Waals surface area contributed by atoms with Crippen molar-refractivity contribution in [1.82, 2.24) is 0 Å². The largest absolute Gasteiger partial charge is 0.327 e. The van der Waals surface area contributed by atoms with Crippen LogP contribution < -0.4 is 5.73 Å². The van der Waals surface area contributed by atoms with Crippen LogP contribution in [0.1, 0.15) is 11.1 Å². The maximum atomic E-state index is 6.20. The number of hydrogen-bond donors (Lipinski definition) is 1.